The Bertz CT molecular complexity index is 131. The van der Waals surface area contributed by atoms with E-state index < -0.39 is 0 Å². The molecule has 1 amide bonds. The second kappa shape index (κ2) is 9.81. The SMILES string of the molecule is CCCOCC(=O)NCCCCCl. The highest BCUT2D eigenvalue weighted by molar-refractivity contribution is 6.17. The number of halogens is 1. The standard InChI is InChI=1S/C9H18ClNO2/c1-2-7-13-8-9(12)11-6-4-3-5-10/h2-8H2,1H3,(H,11,12). The van der Waals surface area contributed by atoms with Gasteiger partial charge in [-0.1, -0.05) is 6.92 Å². The molecule has 0 aliphatic heterocycles. The first-order valence-electron chi connectivity index (χ1n) is 4.71. The average molecular weight is 208 g/mol. The average Bonchev–Trinajstić information content (AvgIpc) is 2.13. The highest BCUT2D eigenvalue weighted by atomic mass is 35.5. The van der Waals surface area contributed by atoms with Gasteiger partial charge in [0.15, 0.2) is 0 Å². The molecule has 0 unspecified atom stereocenters. The molecule has 0 aromatic rings. The van der Waals surface area contributed by atoms with Crippen LogP contribution in [0.4, 0.5) is 0 Å². The summed E-state index contributed by atoms with van der Waals surface area (Å²) in [5.74, 6) is 0.616. The third kappa shape index (κ3) is 9.64. The number of hydrogen-bond donors (Lipinski definition) is 1. The molecule has 78 valence electrons. The van der Waals surface area contributed by atoms with E-state index in [1.54, 1.807) is 0 Å². The van der Waals surface area contributed by atoms with E-state index in [2.05, 4.69) is 5.32 Å². The Morgan fingerprint density at radius 3 is 2.85 bits per heavy atom. The van der Waals surface area contributed by atoms with Crippen molar-refractivity contribution in [3.63, 3.8) is 0 Å². The van der Waals surface area contributed by atoms with Crippen molar-refractivity contribution in [2.75, 3.05) is 25.6 Å². The first kappa shape index (κ1) is 12.7. The van der Waals surface area contributed by atoms with E-state index >= 15 is 0 Å². The minimum Gasteiger partial charge on any atom is -0.372 e. The van der Waals surface area contributed by atoms with Crippen molar-refractivity contribution in [1.82, 2.24) is 5.32 Å². The lowest BCUT2D eigenvalue weighted by atomic mass is 10.3. The van der Waals surface area contributed by atoms with Crippen LogP contribution in [-0.2, 0) is 9.53 Å². The molecule has 0 bridgehead atoms. The summed E-state index contributed by atoms with van der Waals surface area (Å²) in [6.45, 7) is 3.53. The number of rotatable bonds is 8. The van der Waals surface area contributed by atoms with Gasteiger partial charge in [0.05, 0.1) is 0 Å². The van der Waals surface area contributed by atoms with Crippen LogP contribution in [0.5, 0.6) is 0 Å². The van der Waals surface area contributed by atoms with Gasteiger partial charge in [0.25, 0.3) is 0 Å². The van der Waals surface area contributed by atoms with E-state index in [0.717, 1.165) is 19.3 Å². The second-order valence-electron chi connectivity index (χ2n) is 2.80. The van der Waals surface area contributed by atoms with Gasteiger partial charge in [-0.3, -0.25) is 4.79 Å². The van der Waals surface area contributed by atoms with E-state index in [-0.39, 0.29) is 12.5 Å². The maximum atomic E-state index is 11.0. The summed E-state index contributed by atoms with van der Waals surface area (Å²) < 4.78 is 5.06. The van der Waals surface area contributed by atoms with Gasteiger partial charge in [0, 0.05) is 19.0 Å². The van der Waals surface area contributed by atoms with Crippen LogP contribution in [-0.4, -0.2) is 31.5 Å². The zero-order valence-corrected chi connectivity index (χ0v) is 8.90. The fraction of sp³-hybridized carbons (Fsp3) is 0.889. The van der Waals surface area contributed by atoms with E-state index in [1.165, 1.54) is 0 Å². The molecule has 0 atom stereocenters. The summed E-state index contributed by atoms with van der Waals surface area (Å²) in [6.07, 6.45) is 2.82. The van der Waals surface area contributed by atoms with E-state index in [0.29, 0.717) is 19.0 Å². The quantitative estimate of drug-likeness (QED) is 0.485. The zero-order valence-electron chi connectivity index (χ0n) is 8.14. The van der Waals surface area contributed by atoms with Gasteiger partial charge in [0.1, 0.15) is 6.61 Å². The van der Waals surface area contributed by atoms with Crippen molar-refractivity contribution in [1.29, 1.82) is 0 Å². The van der Waals surface area contributed by atoms with E-state index in [1.807, 2.05) is 6.92 Å². The molecule has 0 aromatic heterocycles. The van der Waals surface area contributed by atoms with Gasteiger partial charge < -0.3 is 10.1 Å². The molecule has 0 spiro atoms. The molecule has 0 saturated carbocycles. The van der Waals surface area contributed by atoms with Gasteiger partial charge in [0.2, 0.25) is 5.91 Å². The lowest BCUT2D eigenvalue weighted by Gasteiger charge is -2.04. The summed E-state index contributed by atoms with van der Waals surface area (Å²) in [5.41, 5.74) is 0. The molecule has 0 aliphatic rings. The number of ether oxygens (including phenoxy) is 1. The molecule has 4 heteroatoms. The van der Waals surface area contributed by atoms with Crippen LogP contribution < -0.4 is 5.32 Å². The maximum absolute atomic E-state index is 11.0. The predicted octanol–water partition coefficient (Wildman–Crippen LogP) is 1.55. The maximum Gasteiger partial charge on any atom is 0.245 e. The zero-order chi connectivity index (χ0) is 9.94. The molecule has 0 radical (unpaired) electrons. The lowest BCUT2D eigenvalue weighted by molar-refractivity contribution is -0.125. The van der Waals surface area contributed by atoms with Gasteiger partial charge in [-0.15, -0.1) is 11.6 Å². The molecule has 0 rings (SSSR count). The van der Waals surface area contributed by atoms with Crippen molar-refractivity contribution < 1.29 is 9.53 Å². The Labute approximate surface area is 84.8 Å². The summed E-state index contributed by atoms with van der Waals surface area (Å²) in [6, 6.07) is 0. The number of hydrogen-bond acceptors (Lipinski definition) is 2. The number of amides is 1. The topological polar surface area (TPSA) is 38.3 Å². The first-order chi connectivity index (χ1) is 6.31. The molecular formula is C9H18ClNO2. The van der Waals surface area contributed by atoms with Crippen molar-refractivity contribution >= 4 is 17.5 Å². The molecule has 0 fully saturated rings. The molecule has 0 saturated heterocycles. The molecular weight excluding hydrogens is 190 g/mol. The summed E-state index contributed by atoms with van der Waals surface area (Å²) in [5, 5.41) is 2.75. The Morgan fingerprint density at radius 1 is 1.46 bits per heavy atom. The Kier molecular flexibility index (Phi) is 9.59. The number of carbonyl (C=O) groups excluding carboxylic acids is 1. The smallest absolute Gasteiger partial charge is 0.245 e. The minimum atomic E-state index is -0.0389. The first-order valence-corrected chi connectivity index (χ1v) is 5.25. The molecule has 0 aromatic carbocycles. The summed E-state index contributed by atoms with van der Waals surface area (Å²) >= 11 is 5.48. The van der Waals surface area contributed by atoms with Crippen LogP contribution in [0.3, 0.4) is 0 Å². The second-order valence-corrected chi connectivity index (χ2v) is 3.18. The van der Waals surface area contributed by atoms with Crippen LogP contribution in [0.15, 0.2) is 0 Å². The van der Waals surface area contributed by atoms with Crippen molar-refractivity contribution in [2.45, 2.75) is 26.2 Å². The van der Waals surface area contributed by atoms with Crippen molar-refractivity contribution in [3.8, 4) is 0 Å². The summed E-state index contributed by atoms with van der Waals surface area (Å²) in [4.78, 5) is 11.0. The largest absolute Gasteiger partial charge is 0.372 e. The third-order valence-electron chi connectivity index (χ3n) is 1.46. The van der Waals surface area contributed by atoms with Crippen LogP contribution >= 0.6 is 11.6 Å². The Morgan fingerprint density at radius 2 is 2.23 bits per heavy atom. The van der Waals surface area contributed by atoms with Gasteiger partial charge in [-0.2, -0.15) is 0 Å². The molecule has 1 N–H and O–H groups in total. The van der Waals surface area contributed by atoms with Crippen LogP contribution in [0.1, 0.15) is 26.2 Å². The van der Waals surface area contributed by atoms with Gasteiger partial charge >= 0.3 is 0 Å². The monoisotopic (exact) mass is 207 g/mol. The molecule has 13 heavy (non-hydrogen) atoms. The number of unbranched alkanes of at least 4 members (excludes halogenated alkanes) is 1. The Hall–Kier alpha value is -0.280. The van der Waals surface area contributed by atoms with Crippen LogP contribution in [0, 0.1) is 0 Å². The van der Waals surface area contributed by atoms with Crippen LogP contribution in [0.2, 0.25) is 0 Å². The van der Waals surface area contributed by atoms with Crippen molar-refractivity contribution in [2.24, 2.45) is 0 Å². The third-order valence-corrected chi connectivity index (χ3v) is 1.73. The highest BCUT2D eigenvalue weighted by Gasteiger charge is 1.98. The van der Waals surface area contributed by atoms with E-state index in [9.17, 15) is 4.79 Å². The van der Waals surface area contributed by atoms with Gasteiger partial charge in [-0.25, -0.2) is 0 Å². The fourth-order valence-corrected chi connectivity index (χ4v) is 0.997. The van der Waals surface area contributed by atoms with Gasteiger partial charge in [-0.05, 0) is 19.3 Å². The minimum absolute atomic E-state index is 0.0389. The predicted molar refractivity (Wildman–Crippen MR) is 54.1 cm³/mol. The molecule has 3 nitrogen and oxygen atoms in total. The number of nitrogens with one attached hydrogen (secondary N) is 1. The normalized spacial score (nSPS) is 10.0. The summed E-state index contributed by atoms with van der Waals surface area (Å²) in [7, 11) is 0. The van der Waals surface area contributed by atoms with Crippen molar-refractivity contribution in [3.05, 3.63) is 0 Å². The van der Waals surface area contributed by atoms with E-state index in [4.69, 9.17) is 16.3 Å². The Balaban J connectivity index is 3.11. The number of carbonyl (C=O) groups is 1. The lowest BCUT2D eigenvalue weighted by Crippen LogP contribution is -2.28. The molecule has 0 aliphatic carbocycles. The number of alkyl halides is 1. The fourth-order valence-electron chi connectivity index (χ4n) is 0.808. The highest BCUT2D eigenvalue weighted by Crippen LogP contribution is 1.89. The molecule has 0 heterocycles. The van der Waals surface area contributed by atoms with Crippen LogP contribution in [0.25, 0.3) is 0 Å².